The van der Waals surface area contributed by atoms with Crippen LogP contribution in [-0.2, 0) is 0 Å². The number of hydrogen-bond acceptors (Lipinski definition) is 2. The van der Waals surface area contributed by atoms with Gasteiger partial charge in [-0.2, -0.15) is 0 Å². The first-order chi connectivity index (χ1) is 6.68. The van der Waals surface area contributed by atoms with Crippen molar-refractivity contribution in [1.29, 1.82) is 0 Å². The van der Waals surface area contributed by atoms with Crippen molar-refractivity contribution in [2.75, 3.05) is 6.54 Å². The molecule has 1 fully saturated rings. The van der Waals surface area contributed by atoms with Crippen molar-refractivity contribution in [1.82, 2.24) is 5.32 Å². The first-order valence-electron chi connectivity index (χ1n) is 4.60. The van der Waals surface area contributed by atoms with Crippen LogP contribution in [0.3, 0.4) is 0 Å². The Hall–Kier alpha value is -0.440. The van der Waals surface area contributed by atoms with E-state index in [0.29, 0.717) is 16.1 Å². The molecule has 1 heterocycles. The van der Waals surface area contributed by atoms with E-state index in [1.165, 1.54) is 6.42 Å². The maximum atomic E-state index is 9.39. The number of nitrogens with one attached hydrogen (secondary N) is 1. The summed E-state index contributed by atoms with van der Waals surface area (Å²) in [5.74, 6) is -0.0323. The van der Waals surface area contributed by atoms with Crippen molar-refractivity contribution in [3.63, 3.8) is 0 Å². The van der Waals surface area contributed by atoms with E-state index in [0.717, 1.165) is 18.5 Å². The van der Waals surface area contributed by atoms with Gasteiger partial charge < -0.3 is 10.4 Å². The van der Waals surface area contributed by atoms with E-state index in [1.807, 2.05) is 0 Å². The van der Waals surface area contributed by atoms with E-state index in [2.05, 4.69) is 5.32 Å². The van der Waals surface area contributed by atoms with Crippen LogP contribution in [0.25, 0.3) is 0 Å². The fraction of sp³-hybridized carbons (Fsp3) is 0.400. The molecule has 4 heteroatoms. The number of benzene rings is 1. The molecule has 1 saturated heterocycles. The second kappa shape index (κ2) is 3.97. The van der Waals surface area contributed by atoms with Crippen molar-refractivity contribution in [3.05, 3.63) is 27.7 Å². The molecule has 1 atom stereocenters. The van der Waals surface area contributed by atoms with Crippen LogP contribution in [0.1, 0.15) is 24.4 Å². The normalized spacial score (nSPS) is 21.4. The first-order valence-corrected chi connectivity index (χ1v) is 5.35. The molecule has 14 heavy (non-hydrogen) atoms. The van der Waals surface area contributed by atoms with Crippen LogP contribution < -0.4 is 5.32 Å². The Labute approximate surface area is 92.8 Å². The number of halogens is 2. The smallest absolute Gasteiger partial charge is 0.152 e. The van der Waals surface area contributed by atoms with Crippen LogP contribution in [-0.4, -0.2) is 11.7 Å². The van der Waals surface area contributed by atoms with Crippen LogP contribution in [0.5, 0.6) is 5.75 Å². The summed E-state index contributed by atoms with van der Waals surface area (Å²) in [5, 5.41) is 13.4. The van der Waals surface area contributed by atoms with Gasteiger partial charge in [-0.25, -0.2) is 0 Å². The first kappa shape index (κ1) is 10.1. The molecule has 0 radical (unpaired) electrons. The average molecular weight is 232 g/mol. The van der Waals surface area contributed by atoms with E-state index >= 15 is 0 Å². The Kier molecular flexibility index (Phi) is 2.86. The number of phenols is 1. The molecule has 1 aromatic carbocycles. The van der Waals surface area contributed by atoms with Gasteiger partial charge in [-0.3, -0.25) is 0 Å². The Morgan fingerprint density at radius 1 is 1.29 bits per heavy atom. The molecule has 1 aliphatic heterocycles. The number of rotatable bonds is 1. The number of aromatic hydroxyl groups is 1. The zero-order valence-corrected chi connectivity index (χ0v) is 9.07. The zero-order valence-electron chi connectivity index (χ0n) is 7.56. The topological polar surface area (TPSA) is 32.3 Å². The highest BCUT2D eigenvalue weighted by atomic mass is 35.5. The molecule has 0 spiro atoms. The highest BCUT2D eigenvalue weighted by Gasteiger charge is 2.18. The molecule has 0 aliphatic carbocycles. The van der Waals surface area contributed by atoms with Crippen molar-refractivity contribution < 1.29 is 5.11 Å². The third-order valence-corrected chi connectivity index (χ3v) is 3.08. The lowest BCUT2D eigenvalue weighted by Crippen LogP contribution is -2.12. The van der Waals surface area contributed by atoms with Gasteiger partial charge in [0.1, 0.15) is 0 Å². The Bertz CT molecular complexity index is 325. The Morgan fingerprint density at radius 3 is 2.43 bits per heavy atom. The van der Waals surface area contributed by atoms with E-state index in [-0.39, 0.29) is 5.75 Å². The fourth-order valence-electron chi connectivity index (χ4n) is 1.76. The number of hydrogen-bond donors (Lipinski definition) is 2. The molecule has 0 unspecified atom stereocenters. The molecule has 1 aromatic rings. The van der Waals surface area contributed by atoms with Crippen molar-refractivity contribution in [2.24, 2.45) is 0 Å². The average Bonchev–Trinajstić information content (AvgIpc) is 2.66. The van der Waals surface area contributed by atoms with Gasteiger partial charge in [0.05, 0.1) is 10.0 Å². The fourth-order valence-corrected chi connectivity index (χ4v) is 2.26. The van der Waals surface area contributed by atoms with Gasteiger partial charge >= 0.3 is 0 Å². The van der Waals surface area contributed by atoms with Gasteiger partial charge in [-0.05, 0) is 37.1 Å². The van der Waals surface area contributed by atoms with Gasteiger partial charge in [0.25, 0.3) is 0 Å². The second-order valence-corrected chi connectivity index (χ2v) is 4.30. The Balaban J connectivity index is 2.34. The molecule has 2 nitrogen and oxygen atoms in total. The van der Waals surface area contributed by atoms with Crippen LogP contribution in [0.15, 0.2) is 12.1 Å². The molecule has 76 valence electrons. The highest BCUT2D eigenvalue weighted by molar-refractivity contribution is 6.37. The monoisotopic (exact) mass is 231 g/mol. The highest BCUT2D eigenvalue weighted by Crippen LogP contribution is 2.36. The largest absolute Gasteiger partial charge is 0.505 e. The summed E-state index contributed by atoms with van der Waals surface area (Å²) in [6, 6.07) is 3.86. The summed E-state index contributed by atoms with van der Waals surface area (Å²) in [6.07, 6.45) is 2.26. The summed E-state index contributed by atoms with van der Waals surface area (Å²) < 4.78 is 0. The summed E-state index contributed by atoms with van der Waals surface area (Å²) in [4.78, 5) is 0. The molecule has 1 aliphatic rings. The molecular weight excluding hydrogens is 221 g/mol. The lowest BCUT2D eigenvalue weighted by molar-refractivity contribution is 0.475. The van der Waals surface area contributed by atoms with Crippen LogP contribution in [0.2, 0.25) is 10.0 Å². The SMILES string of the molecule is Oc1c(Cl)cc([C@H]2CCCN2)cc1Cl. The summed E-state index contributed by atoms with van der Waals surface area (Å²) >= 11 is 11.7. The van der Waals surface area contributed by atoms with Gasteiger partial charge in [0.15, 0.2) is 5.75 Å². The summed E-state index contributed by atoms with van der Waals surface area (Å²) in [7, 11) is 0. The van der Waals surface area contributed by atoms with Crippen LogP contribution in [0, 0.1) is 0 Å². The van der Waals surface area contributed by atoms with E-state index < -0.39 is 0 Å². The zero-order chi connectivity index (χ0) is 10.1. The predicted molar refractivity (Wildman–Crippen MR) is 58.1 cm³/mol. The quantitative estimate of drug-likeness (QED) is 0.779. The molecule has 0 bridgehead atoms. The van der Waals surface area contributed by atoms with E-state index in [4.69, 9.17) is 23.2 Å². The molecule has 0 amide bonds. The van der Waals surface area contributed by atoms with Crippen LogP contribution >= 0.6 is 23.2 Å². The lowest BCUT2D eigenvalue weighted by atomic mass is 10.1. The van der Waals surface area contributed by atoms with E-state index in [1.54, 1.807) is 12.1 Å². The number of phenolic OH excluding ortho intramolecular Hbond substituents is 1. The standard InChI is InChI=1S/C10H11Cl2NO/c11-7-4-6(5-8(12)10(7)14)9-2-1-3-13-9/h4-5,9,13-14H,1-3H2/t9-/m1/s1. The maximum absolute atomic E-state index is 9.39. The lowest BCUT2D eigenvalue weighted by Gasteiger charge is -2.12. The maximum Gasteiger partial charge on any atom is 0.152 e. The minimum Gasteiger partial charge on any atom is -0.505 e. The molecular formula is C10H11Cl2NO. The van der Waals surface area contributed by atoms with E-state index in [9.17, 15) is 5.11 Å². The summed E-state index contributed by atoms with van der Waals surface area (Å²) in [5.41, 5.74) is 1.05. The third-order valence-electron chi connectivity index (χ3n) is 2.50. The summed E-state index contributed by atoms with van der Waals surface area (Å²) in [6.45, 7) is 1.03. The van der Waals surface area contributed by atoms with Crippen molar-refractivity contribution >= 4 is 23.2 Å². The van der Waals surface area contributed by atoms with Gasteiger partial charge in [-0.15, -0.1) is 0 Å². The minimum atomic E-state index is -0.0323. The van der Waals surface area contributed by atoms with Gasteiger partial charge in [0, 0.05) is 6.04 Å². The predicted octanol–water partition coefficient (Wildman–Crippen LogP) is 3.12. The van der Waals surface area contributed by atoms with Crippen molar-refractivity contribution in [2.45, 2.75) is 18.9 Å². The molecule has 0 aromatic heterocycles. The Morgan fingerprint density at radius 2 is 1.93 bits per heavy atom. The van der Waals surface area contributed by atoms with Crippen molar-refractivity contribution in [3.8, 4) is 5.75 Å². The van der Waals surface area contributed by atoms with Crippen LogP contribution in [0.4, 0.5) is 0 Å². The minimum absolute atomic E-state index is 0.0323. The second-order valence-electron chi connectivity index (χ2n) is 3.48. The molecule has 2 N–H and O–H groups in total. The van der Waals surface area contributed by atoms with Gasteiger partial charge in [0.2, 0.25) is 0 Å². The van der Waals surface area contributed by atoms with Gasteiger partial charge in [-0.1, -0.05) is 23.2 Å². The molecule has 0 saturated carbocycles. The molecule has 2 rings (SSSR count). The third kappa shape index (κ3) is 1.83.